The molecular formula is C7H10O4. The summed E-state index contributed by atoms with van der Waals surface area (Å²) in [6.45, 7) is 0.726. The first kappa shape index (κ1) is 7.06. The Labute approximate surface area is 64.1 Å². The minimum Gasteiger partial charge on any atom is -0.479 e. The molecule has 4 nitrogen and oxygen atoms in total. The number of aliphatic carboxylic acids is 1. The highest BCUT2D eigenvalue weighted by Gasteiger charge is 2.50. The van der Waals surface area contributed by atoms with Gasteiger partial charge in [0.15, 0.2) is 5.60 Å². The predicted molar refractivity (Wildman–Crippen MR) is 35.3 cm³/mol. The summed E-state index contributed by atoms with van der Waals surface area (Å²) in [7, 11) is 0. The van der Waals surface area contributed by atoms with Crippen molar-refractivity contribution < 1.29 is 19.4 Å². The van der Waals surface area contributed by atoms with Gasteiger partial charge in [-0.1, -0.05) is 0 Å². The van der Waals surface area contributed by atoms with E-state index < -0.39 is 11.6 Å². The van der Waals surface area contributed by atoms with Crippen LogP contribution < -0.4 is 0 Å². The standard InChI is InChI=1S/C7H10O4/c8-6(9)7-3-5(10-4-7)1-2-11-7/h5H,1-4H2,(H,8,9). The van der Waals surface area contributed by atoms with E-state index in [1.165, 1.54) is 0 Å². The number of carboxylic acids is 1. The van der Waals surface area contributed by atoms with Crippen molar-refractivity contribution in [3.8, 4) is 0 Å². The zero-order valence-corrected chi connectivity index (χ0v) is 6.08. The van der Waals surface area contributed by atoms with E-state index in [0.29, 0.717) is 13.0 Å². The molecule has 2 aliphatic rings. The van der Waals surface area contributed by atoms with Gasteiger partial charge in [0, 0.05) is 6.42 Å². The SMILES string of the molecule is O=C(O)C12COC(CCO1)C2. The Hall–Kier alpha value is -0.610. The Bertz CT molecular complexity index is 187. The molecule has 0 saturated carbocycles. The first-order valence-electron chi connectivity index (χ1n) is 3.72. The summed E-state index contributed by atoms with van der Waals surface area (Å²) in [6.07, 6.45) is 1.46. The number of carbonyl (C=O) groups is 1. The van der Waals surface area contributed by atoms with Crippen molar-refractivity contribution in [2.45, 2.75) is 24.5 Å². The van der Waals surface area contributed by atoms with Crippen LogP contribution in [0.25, 0.3) is 0 Å². The lowest BCUT2D eigenvalue weighted by Gasteiger charge is -2.26. The predicted octanol–water partition coefficient (Wildman–Crippen LogP) is 0.0190. The van der Waals surface area contributed by atoms with Crippen LogP contribution in [0.4, 0.5) is 0 Å². The molecule has 2 rings (SSSR count). The summed E-state index contributed by atoms with van der Waals surface area (Å²) in [4.78, 5) is 10.7. The molecule has 2 fully saturated rings. The van der Waals surface area contributed by atoms with E-state index >= 15 is 0 Å². The molecule has 0 aromatic heterocycles. The summed E-state index contributed by atoms with van der Waals surface area (Å²) in [6, 6.07) is 0. The van der Waals surface area contributed by atoms with Crippen LogP contribution in [-0.2, 0) is 14.3 Å². The van der Waals surface area contributed by atoms with Crippen LogP contribution >= 0.6 is 0 Å². The molecule has 0 radical (unpaired) electrons. The first-order chi connectivity index (χ1) is 5.23. The fourth-order valence-electron chi connectivity index (χ4n) is 1.62. The summed E-state index contributed by atoms with van der Waals surface area (Å²) in [5, 5.41) is 8.81. The Morgan fingerprint density at radius 2 is 2.45 bits per heavy atom. The van der Waals surface area contributed by atoms with Crippen LogP contribution in [0.5, 0.6) is 0 Å². The second-order valence-corrected chi connectivity index (χ2v) is 3.07. The minimum atomic E-state index is -1.01. The maximum Gasteiger partial charge on any atom is 0.338 e. The van der Waals surface area contributed by atoms with Gasteiger partial charge >= 0.3 is 5.97 Å². The van der Waals surface area contributed by atoms with Crippen molar-refractivity contribution in [3.05, 3.63) is 0 Å². The molecule has 1 N–H and O–H groups in total. The molecular weight excluding hydrogens is 148 g/mol. The molecule has 0 aromatic carbocycles. The second kappa shape index (κ2) is 2.19. The lowest BCUT2D eigenvalue weighted by atomic mass is 9.96. The summed E-state index contributed by atoms with van der Waals surface area (Å²) < 4.78 is 10.4. The normalized spacial score (nSPS) is 42.4. The Kier molecular flexibility index (Phi) is 1.40. The van der Waals surface area contributed by atoms with Crippen molar-refractivity contribution in [2.24, 2.45) is 0 Å². The zero-order valence-electron chi connectivity index (χ0n) is 6.08. The van der Waals surface area contributed by atoms with Gasteiger partial charge in [-0.3, -0.25) is 0 Å². The lowest BCUT2D eigenvalue weighted by molar-refractivity contribution is -0.166. The van der Waals surface area contributed by atoms with E-state index in [9.17, 15) is 4.79 Å². The molecule has 2 bridgehead atoms. The minimum absolute atomic E-state index is 0.111. The maximum atomic E-state index is 10.7. The molecule has 2 unspecified atom stereocenters. The number of carboxylic acid groups (broad SMARTS) is 1. The van der Waals surface area contributed by atoms with E-state index in [1.54, 1.807) is 0 Å². The molecule has 0 spiro atoms. The lowest BCUT2D eigenvalue weighted by Crippen LogP contribution is -2.44. The molecule has 0 aliphatic carbocycles. The quantitative estimate of drug-likeness (QED) is 0.584. The number of rotatable bonds is 1. The third-order valence-corrected chi connectivity index (χ3v) is 2.32. The van der Waals surface area contributed by atoms with Crippen LogP contribution in [0, 0.1) is 0 Å². The Morgan fingerprint density at radius 1 is 1.64 bits per heavy atom. The number of ether oxygens (including phenoxy) is 2. The molecule has 0 amide bonds. The van der Waals surface area contributed by atoms with Crippen molar-refractivity contribution in [1.29, 1.82) is 0 Å². The highest BCUT2D eigenvalue weighted by atomic mass is 16.6. The average molecular weight is 158 g/mol. The monoisotopic (exact) mass is 158 g/mol. The van der Waals surface area contributed by atoms with E-state index in [0.717, 1.165) is 6.42 Å². The highest BCUT2D eigenvalue weighted by molar-refractivity contribution is 5.78. The molecule has 0 aromatic rings. The van der Waals surface area contributed by atoms with Gasteiger partial charge in [-0.15, -0.1) is 0 Å². The molecule has 62 valence electrons. The highest BCUT2D eigenvalue weighted by Crippen LogP contribution is 2.34. The van der Waals surface area contributed by atoms with Gasteiger partial charge in [0.05, 0.1) is 19.3 Å². The number of fused-ring (bicyclic) bond motifs is 2. The van der Waals surface area contributed by atoms with E-state index in [4.69, 9.17) is 14.6 Å². The fourth-order valence-corrected chi connectivity index (χ4v) is 1.62. The van der Waals surface area contributed by atoms with Crippen LogP contribution in [-0.4, -0.2) is 36.0 Å². The van der Waals surface area contributed by atoms with Gasteiger partial charge in [-0.05, 0) is 6.42 Å². The van der Waals surface area contributed by atoms with E-state index in [2.05, 4.69) is 0 Å². The van der Waals surface area contributed by atoms with Gasteiger partial charge in [-0.25, -0.2) is 4.79 Å². The molecule has 11 heavy (non-hydrogen) atoms. The van der Waals surface area contributed by atoms with E-state index in [1.807, 2.05) is 0 Å². The average Bonchev–Trinajstić information content (AvgIpc) is 2.29. The van der Waals surface area contributed by atoms with Gasteiger partial charge in [0.1, 0.15) is 0 Å². The Balaban J connectivity index is 2.19. The second-order valence-electron chi connectivity index (χ2n) is 3.07. The molecule has 2 saturated heterocycles. The largest absolute Gasteiger partial charge is 0.479 e. The Morgan fingerprint density at radius 3 is 3.09 bits per heavy atom. The molecule has 2 heterocycles. The number of hydrogen-bond acceptors (Lipinski definition) is 3. The van der Waals surface area contributed by atoms with Crippen molar-refractivity contribution in [1.82, 2.24) is 0 Å². The van der Waals surface area contributed by atoms with Crippen LogP contribution in [0.15, 0.2) is 0 Å². The van der Waals surface area contributed by atoms with Crippen LogP contribution in [0.1, 0.15) is 12.8 Å². The van der Waals surface area contributed by atoms with Gasteiger partial charge in [0.2, 0.25) is 0 Å². The fraction of sp³-hybridized carbons (Fsp3) is 0.857. The summed E-state index contributed by atoms with van der Waals surface area (Å²) in [5.41, 5.74) is -1.01. The van der Waals surface area contributed by atoms with E-state index in [-0.39, 0.29) is 12.7 Å². The molecule has 2 aliphatic heterocycles. The zero-order chi connectivity index (χ0) is 7.90. The van der Waals surface area contributed by atoms with Gasteiger partial charge in [0.25, 0.3) is 0 Å². The maximum absolute atomic E-state index is 10.7. The van der Waals surface area contributed by atoms with Crippen LogP contribution in [0.2, 0.25) is 0 Å². The number of hydrogen-bond donors (Lipinski definition) is 1. The smallest absolute Gasteiger partial charge is 0.338 e. The topological polar surface area (TPSA) is 55.8 Å². The van der Waals surface area contributed by atoms with Crippen molar-refractivity contribution >= 4 is 5.97 Å². The first-order valence-corrected chi connectivity index (χ1v) is 3.72. The summed E-state index contributed by atoms with van der Waals surface area (Å²) >= 11 is 0. The van der Waals surface area contributed by atoms with Gasteiger partial charge < -0.3 is 14.6 Å². The third-order valence-electron chi connectivity index (χ3n) is 2.32. The summed E-state index contributed by atoms with van der Waals surface area (Å²) in [5.74, 6) is -0.889. The van der Waals surface area contributed by atoms with Crippen molar-refractivity contribution in [3.63, 3.8) is 0 Å². The molecule has 2 atom stereocenters. The molecule has 4 heteroatoms. The van der Waals surface area contributed by atoms with Crippen LogP contribution in [0.3, 0.4) is 0 Å². The third kappa shape index (κ3) is 0.937. The van der Waals surface area contributed by atoms with Gasteiger partial charge in [-0.2, -0.15) is 0 Å². The van der Waals surface area contributed by atoms with Crippen molar-refractivity contribution in [2.75, 3.05) is 13.2 Å².